The molecule has 142 valence electrons. The minimum absolute atomic E-state index is 0.129. The lowest BCUT2D eigenvalue weighted by Gasteiger charge is -2.31. The van der Waals surface area contributed by atoms with Gasteiger partial charge in [0.25, 0.3) is 0 Å². The molecule has 0 spiro atoms. The first kappa shape index (κ1) is 18.9. The first-order valence-corrected chi connectivity index (χ1v) is 10.0. The van der Waals surface area contributed by atoms with Gasteiger partial charge in [0, 0.05) is 32.1 Å². The fraction of sp³-hybridized carbons (Fsp3) is 0.636. The van der Waals surface area contributed by atoms with Gasteiger partial charge in [-0.3, -0.25) is 9.59 Å². The summed E-state index contributed by atoms with van der Waals surface area (Å²) in [6, 6.07) is 8.40. The summed E-state index contributed by atoms with van der Waals surface area (Å²) in [5.74, 6) is 0.730. The van der Waals surface area contributed by atoms with E-state index >= 15 is 0 Å². The molecule has 1 saturated heterocycles. The fourth-order valence-corrected chi connectivity index (χ4v) is 3.71. The van der Waals surface area contributed by atoms with Crippen molar-refractivity contribution in [3.8, 4) is 0 Å². The van der Waals surface area contributed by atoms with Crippen molar-refractivity contribution < 1.29 is 9.59 Å². The van der Waals surface area contributed by atoms with Gasteiger partial charge in [-0.15, -0.1) is 0 Å². The van der Waals surface area contributed by atoms with Crippen LogP contribution in [-0.4, -0.2) is 47.8 Å². The Morgan fingerprint density at radius 3 is 2.12 bits per heavy atom. The number of rotatable bonds is 3. The average Bonchev–Trinajstić information content (AvgIpc) is 2.79. The SMILES string of the molecule is CC(C)(C)c1ccc(CC(=O)N2CCCN(C(=O)C3CCC3)CC2)cc1. The molecule has 2 aliphatic rings. The lowest BCUT2D eigenvalue weighted by Crippen LogP contribution is -2.41. The van der Waals surface area contributed by atoms with Crippen LogP contribution < -0.4 is 0 Å². The summed E-state index contributed by atoms with van der Waals surface area (Å²) >= 11 is 0. The van der Waals surface area contributed by atoms with Crippen molar-refractivity contribution in [1.29, 1.82) is 0 Å². The molecule has 1 aliphatic carbocycles. The third-order valence-corrected chi connectivity index (χ3v) is 5.79. The van der Waals surface area contributed by atoms with Gasteiger partial charge in [0.1, 0.15) is 0 Å². The van der Waals surface area contributed by atoms with E-state index < -0.39 is 0 Å². The Kier molecular flexibility index (Phi) is 5.69. The number of hydrogen-bond acceptors (Lipinski definition) is 2. The molecular formula is C22H32N2O2. The fourth-order valence-electron chi connectivity index (χ4n) is 3.71. The molecule has 1 heterocycles. The second-order valence-corrected chi connectivity index (χ2v) is 8.81. The van der Waals surface area contributed by atoms with Crippen LogP contribution >= 0.6 is 0 Å². The first-order chi connectivity index (χ1) is 12.3. The number of carbonyl (C=O) groups is 2. The molecule has 26 heavy (non-hydrogen) atoms. The molecule has 2 fully saturated rings. The normalized spacial score (nSPS) is 19.0. The Morgan fingerprint density at radius 2 is 1.54 bits per heavy atom. The molecular weight excluding hydrogens is 324 g/mol. The smallest absolute Gasteiger partial charge is 0.227 e. The number of benzene rings is 1. The summed E-state index contributed by atoms with van der Waals surface area (Å²) in [6.07, 6.45) is 4.60. The predicted octanol–water partition coefficient (Wildman–Crippen LogP) is 3.39. The van der Waals surface area contributed by atoms with E-state index in [1.54, 1.807) is 0 Å². The molecule has 0 atom stereocenters. The Balaban J connectivity index is 1.54. The van der Waals surface area contributed by atoms with Gasteiger partial charge in [-0.25, -0.2) is 0 Å². The Labute approximate surface area is 157 Å². The molecule has 4 heteroatoms. The zero-order valence-corrected chi connectivity index (χ0v) is 16.5. The molecule has 1 aromatic rings. The Bertz CT molecular complexity index is 641. The topological polar surface area (TPSA) is 40.6 Å². The van der Waals surface area contributed by atoms with E-state index in [-0.39, 0.29) is 17.2 Å². The van der Waals surface area contributed by atoms with E-state index in [9.17, 15) is 9.59 Å². The predicted molar refractivity (Wildman–Crippen MR) is 104 cm³/mol. The van der Waals surface area contributed by atoms with Gasteiger partial charge in [-0.1, -0.05) is 51.5 Å². The number of nitrogens with zero attached hydrogens (tertiary/aromatic N) is 2. The highest BCUT2D eigenvalue weighted by Crippen LogP contribution is 2.28. The zero-order valence-electron chi connectivity index (χ0n) is 16.5. The zero-order chi connectivity index (χ0) is 18.7. The molecule has 0 N–H and O–H groups in total. The monoisotopic (exact) mass is 356 g/mol. The molecule has 2 amide bonds. The van der Waals surface area contributed by atoms with Crippen LogP contribution in [0.3, 0.4) is 0 Å². The largest absolute Gasteiger partial charge is 0.341 e. The van der Waals surface area contributed by atoms with Crippen molar-refractivity contribution in [2.75, 3.05) is 26.2 Å². The van der Waals surface area contributed by atoms with E-state index in [2.05, 4.69) is 45.0 Å². The molecule has 0 bridgehead atoms. The van der Waals surface area contributed by atoms with Crippen LogP contribution in [-0.2, 0) is 21.4 Å². The van der Waals surface area contributed by atoms with Crippen LogP contribution in [0, 0.1) is 5.92 Å². The van der Waals surface area contributed by atoms with Crippen LogP contribution in [0.15, 0.2) is 24.3 Å². The minimum atomic E-state index is 0.129. The van der Waals surface area contributed by atoms with Crippen LogP contribution in [0.4, 0.5) is 0 Å². The summed E-state index contributed by atoms with van der Waals surface area (Å²) in [5.41, 5.74) is 2.48. The van der Waals surface area contributed by atoms with Crippen molar-refractivity contribution in [2.24, 2.45) is 5.92 Å². The maximum Gasteiger partial charge on any atom is 0.227 e. The molecule has 0 unspecified atom stereocenters. The van der Waals surface area contributed by atoms with Gasteiger partial charge < -0.3 is 9.80 Å². The van der Waals surface area contributed by atoms with E-state index in [1.165, 1.54) is 12.0 Å². The first-order valence-electron chi connectivity index (χ1n) is 10.0. The Hall–Kier alpha value is -1.84. The number of carbonyl (C=O) groups excluding carboxylic acids is 2. The highest BCUT2D eigenvalue weighted by Gasteiger charge is 2.30. The summed E-state index contributed by atoms with van der Waals surface area (Å²) in [5, 5.41) is 0. The van der Waals surface area contributed by atoms with Gasteiger partial charge in [0.2, 0.25) is 11.8 Å². The molecule has 4 nitrogen and oxygen atoms in total. The van der Waals surface area contributed by atoms with Crippen molar-refractivity contribution in [3.63, 3.8) is 0 Å². The van der Waals surface area contributed by atoms with Crippen LogP contribution in [0.25, 0.3) is 0 Å². The second kappa shape index (κ2) is 7.81. The average molecular weight is 357 g/mol. The maximum absolute atomic E-state index is 12.7. The summed E-state index contributed by atoms with van der Waals surface area (Å²) in [6.45, 7) is 9.48. The van der Waals surface area contributed by atoms with Crippen molar-refractivity contribution >= 4 is 11.8 Å². The molecule has 1 saturated carbocycles. The lowest BCUT2D eigenvalue weighted by atomic mass is 9.84. The Morgan fingerprint density at radius 1 is 0.923 bits per heavy atom. The van der Waals surface area contributed by atoms with Crippen LogP contribution in [0.5, 0.6) is 0 Å². The van der Waals surface area contributed by atoms with E-state index in [1.807, 2.05) is 9.80 Å². The van der Waals surface area contributed by atoms with E-state index in [0.717, 1.165) is 37.9 Å². The number of amides is 2. The molecule has 1 aliphatic heterocycles. The summed E-state index contributed by atoms with van der Waals surface area (Å²) < 4.78 is 0. The van der Waals surface area contributed by atoms with E-state index in [0.29, 0.717) is 25.4 Å². The van der Waals surface area contributed by atoms with Crippen LogP contribution in [0.1, 0.15) is 57.6 Å². The van der Waals surface area contributed by atoms with Gasteiger partial charge in [0.15, 0.2) is 0 Å². The van der Waals surface area contributed by atoms with Crippen molar-refractivity contribution in [3.05, 3.63) is 35.4 Å². The maximum atomic E-state index is 12.7. The highest BCUT2D eigenvalue weighted by atomic mass is 16.2. The van der Waals surface area contributed by atoms with Gasteiger partial charge in [0.05, 0.1) is 6.42 Å². The summed E-state index contributed by atoms with van der Waals surface area (Å²) in [4.78, 5) is 29.1. The molecule has 0 radical (unpaired) electrons. The molecule has 3 rings (SSSR count). The van der Waals surface area contributed by atoms with Gasteiger partial charge in [-0.2, -0.15) is 0 Å². The second-order valence-electron chi connectivity index (χ2n) is 8.81. The third-order valence-electron chi connectivity index (χ3n) is 5.79. The standard InChI is InChI=1S/C22H32N2O2/c1-22(2,3)19-10-8-17(9-11-19)16-20(25)23-12-5-13-24(15-14-23)21(26)18-6-4-7-18/h8-11,18H,4-7,12-16H2,1-3H3. The van der Waals surface area contributed by atoms with E-state index in [4.69, 9.17) is 0 Å². The number of hydrogen-bond donors (Lipinski definition) is 0. The third kappa shape index (κ3) is 4.46. The highest BCUT2D eigenvalue weighted by molar-refractivity contribution is 5.80. The van der Waals surface area contributed by atoms with Gasteiger partial charge >= 0.3 is 0 Å². The summed E-state index contributed by atoms with van der Waals surface area (Å²) in [7, 11) is 0. The van der Waals surface area contributed by atoms with Crippen molar-refractivity contribution in [1.82, 2.24) is 9.80 Å². The van der Waals surface area contributed by atoms with Crippen LogP contribution in [0.2, 0.25) is 0 Å². The minimum Gasteiger partial charge on any atom is -0.341 e. The molecule has 1 aromatic carbocycles. The quantitative estimate of drug-likeness (QED) is 0.833. The van der Waals surface area contributed by atoms with Gasteiger partial charge in [-0.05, 0) is 35.8 Å². The molecule has 0 aromatic heterocycles. The van der Waals surface area contributed by atoms with Crippen molar-refractivity contribution in [2.45, 2.75) is 58.3 Å². The lowest BCUT2D eigenvalue weighted by molar-refractivity contribution is -0.138.